The molecule has 2 bridgehead atoms. The summed E-state index contributed by atoms with van der Waals surface area (Å²) in [5.41, 5.74) is 1.02. The molecule has 0 radical (unpaired) electrons. The van der Waals surface area contributed by atoms with Crippen molar-refractivity contribution in [1.82, 2.24) is 15.2 Å². The van der Waals surface area contributed by atoms with Crippen LogP contribution in [0.2, 0.25) is 0 Å². The Balaban J connectivity index is 1.63. The van der Waals surface area contributed by atoms with Crippen LogP contribution < -0.4 is 5.32 Å². The molecule has 1 amide bonds. The summed E-state index contributed by atoms with van der Waals surface area (Å²) in [6.45, 7) is 3.88. The van der Waals surface area contributed by atoms with Crippen molar-refractivity contribution in [1.29, 1.82) is 0 Å². The van der Waals surface area contributed by atoms with Crippen molar-refractivity contribution in [2.45, 2.75) is 6.42 Å². The fourth-order valence-corrected chi connectivity index (χ4v) is 3.03. The zero-order chi connectivity index (χ0) is 13.1. The van der Waals surface area contributed by atoms with Gasteiger partial charge in [0.25, 0.3) is 0 Å². The van der Waals surface area contributed by atoms with Crippen molar-refractivity contribution in [3.8, 4) is 0 Å². The number of pyridine rings is 1. The van der Waals surface area contributed by atoms with Gasteiger partial charge in [-0.25, -0.2) is 0 Å². The van der Waals surface area contributed by atoms with Crippen molar-refractivity contribution in [3.05, 3.63) is 36.2 Å². The Morgan fingerprint density at radius 1 is 1.26 bits per heavy atom. The fraction of sp³-hybridized carbons (Fsp3) is 0.467. The molecular formula is C15H19N3O. The van der Waals surface area contributed by atoms with E-state index in [-0.39, 0.29) is 5.91 Å². The predicted molar refractivity (Wildman–Crippen MR) is 74.3 cm³/mol. The Morgan fingerprint density at radius 2 is 1.95 bits per heavy atom. The Morgan fingerprint density at radius 3 is 2.63 bits per heavy atom. The third-order valence-corrected chi connectivity index (χ3v) is 3.93. The molecule has 1 N–H and O–H groups in total. The molecule has 3 heterocycles. The van der Waals surface area contributed by atoms with E-state index in [0.717, 1.165) is 31.7 Å². The van der Waals surface area contributed by atoms with Gasteiger partial charge in [-0.1, -0.05) is 0 Å². The summed E-state index contributed by atoms with van der Waals surface area (Å²) in [4.78, 5) is 18.2. The summed E-state index contributed by atoms with van der Waals surface area (Å²) >= 11 is 0. The Hall–Kier alpha value is -1.68. The first-order valence-electron chi connectivity index (χ1n) is 6.89. The Labute approximate surface area is 113 Å². The molecule has 4 heteroatoms. The van der Waals surface area contributed by atoms with Crippen molar-refractivity contribution < 1.29 is 4.79 Å². The molecule has 4 nitrogen and oxygen atoms in total. The highest BCUT2D eigenvalue weighted by Gasteiger charge is 2.31. The number of carbonyl (C=O) groups is 1. The number of likely N-dealkylation sites (tertiary alicyclic amines) is 1. The lowest BCUT2D eigenvalue weighted by atomic mass is 9.86. The van der Waals surface area contributed by atoms with Crippen LogP contribution in [0.5, 0.6) is 0 Å². The summed E-state index contributed by atoms with van der Waals surface area (Å²) in [7, 11) is 0. The highest BCUT2D eigenvalue weighted by molar-refractivity contribution is 5.91. The normalized spacial score (nSPS) is 26.6. The Bertz CT molecular complexity index is 460. The second-order valence-corrected chi connectivity index (χ2v) is 5.48. The van der Waals surface area contributed by atoms with Crippen LogP contribution >= 0.6 is 0 Å². The van der Waals surface area contributed by atoms with Gasteiger partial charge in [0.1, 0.15) is 0 Å². The lowest BCUT2D eigenvalue weighted by Gasteiger charge is -2.41. The molecule has 0 aliphatic carbocycles. The number of fused-ring (bicyclic) bond motifs is 2. The van der Waals surface area contributed by atoms with Crippen molar-refractivity contribution in [3.63, 3.8) is 0 Å². The molecule has 100 valence electrons. The van der Waals surface area contributed by atoms with E-state index in [1.807, 2.05) is 23.1 Å². The molecule has 2 aliphatic heterocycles. The van der Waals surface area contributed by atoms with E-state index in [9.17, 15) is 4.79 Å². The van der Waals surface area contributed by atoms with Gasteiger partial charge in [-0.05, 0) is 55.1 Å². The molecule has 0 unspecified atom stereocenters. The molecule has 1 aromatic heterocycles. The second-order valence-electron chi connectivity index (χ2n) is 5.48. The van der Waals surface area contributed by atoms with Crippen LogP contribution in [0, 0.1) is 11.8 Å². The SMILES string of the molecule is O=C(/C=C/c1ccncc1)N1C[C@@H]2CNC[C@@H](C2)C1. The topological polar surface area (TPSA) is 45.2 Å². The molecule has 0 saturated carbocycles. The molecule has 2 saturated heterocycles. The van der Waals surface area contributed by atoms with Crippen LogP contribution in [0.4, 0.5) is 0 Å². The predicted octanol–water partition coefficient (Wildman–Crippen LogP) is 1.16. The molecule has 0 spiro atoms. The van der Waals surface area contributed by atoms with Crippen molar-refractivity contribution >= 4 is 12.0 Å². The van der Waals surface area contributed by atoms with Gasteiger partial charge in [0.2, 0.25) is 5.91 Å². The van der Waals surface area contributed by atoms with Crippen LogP contribution in [0.3, 0.4) is 0 Å². The van der Waals surface area contributed by atoms with Crippen LogP contribution in [0.25, 0.3) is 6.08 Å². The summed E-state index contributed by atoms with van der Waals surface area (Å²) in [5, 5.41) is 3.44. The van der Waals surface area contributed by atoms with E-state index >= 15 is 0 Å². The molecule has 0 aromatic carbocycles. The molecule has 2 fully saturated rings. The van der Waals surface area contributed by atoms with E-state index in [4.69, 9.17) is 0 Å². The summed E-state index contributed by atoms with van der Waals surface area (Å²) < 4.78 is 0. The minimum Gasteiger partial charge on any atom is -0.339 e. The summed E-state index contributed by atoms with van der Waals surface area (Å²) in [5.74, 6) is 1.39. The number of nitrogens with zero attached hydrogens (tertiary/aromatic N) is 2. The molecule has 19 heavy (non-hydrogen) atoms. The molecule has 3 rings (SSSR count). The highest BCUT2D eigenvalue weighted by atomic mass is 16.2. The quantitative estimate of drug-likeness (QED) is 0.809. The zero-order valence-corrected chi connectivity index (χ0v) is 11.0. The molecule has 2 aliphatic rings. The van der Waals surface area contributed by atoms with Gasteiger partial charge < -0.3 is 10.2 Å². The molecule has 1 aromatic rings. The van der Waals surface area contributed by atoms with E-state index in [1.165, 1.54) is 6.42 Å². The zero-order valence-electron chi connectivity index (χ0n) is 11.0. The third kappa shape index (κ3) is 3.01. The maximum absolute atomic E-state index is 12.2. The first kappa shape index (κ1) is 12.4. The van der Waals surface area contributed by atoms with E-state index in [0.29, 0.717) is 11.8 Å². The third-order valence-electron chi connectivity index (χ3n) is 3.93. The van der Waals surface area contributed by atoms with Crippen LogP contribution in [0.15, 0.2) is 30.6 Å². The smallest absolute Gasteiger partial charge is 0.246 e. The average molecular weight is 257 g/mol. The van der Waals surface area contributed by atoms with Crippen molar-refractivity contribution in [2.24, 2.45) is 11.8 Å². The lowest BCUT2D eigenvalue weighted by molar-refractivity contribution is -0.129. The maximum Gasteiger partial charge on any atom is 0.246 e. The number of rotatable bonds is 2. The van der Waals surface area contributed by atoms with Crippen LogP contribution in [-0.2, 0) is 4.79 Å². The van der Waals surface area contributed by atoms with Crippen LogP contribution in [-0.4, -0.2) is 42.0 Å². The second kappa shape index (κ2) is 5.53. The number of hydrogen-bond acceptors (Lipinski definition) is 3. The van der Waals surface area contributed by atoms with Gasteiger partial charge in [-0.3, -0.25) is 9.78 Å². The summed E-state index contributed by atoms with van der Waals surface area (Å²) in [6.07, 6.45) is 8.30. The molecule has 2 atom stereocenters. The number of nitrogens with one attached hydrogen (secondary N) is 1. The van der Waals surface area contributed by atoms with Gasteiger partial charge in [0, 0.05) is 31.6 Å². The van der Waals surface area contributed by atoms with Crippen molar-refractivity contribution in [2.75, 3.05) is 26.2 Å². The fourth-order valence-electron chi connectivity index (χ4n) is 3.03. The largest absolute Gasteiger partial charge is 0.339 e. The van der Waals surface area contributed by atoms with Gasteiger partial charge >= 0.3 is 0 Å². The number of carbonyl (C=O) groups excluding carboxylic acids is 1. The summed E-state index contributed by atoms with van der Waals surface area (Å²) in [6, 6.07) is 3.80. The van der Waals surface area contributed by atoms with E-state index in [1.54, 1.807) is 18.5 Å². The van der Waals surface area contributed by atoms with E-state index < -0.39 is 0 Å². The standard InChI is InChI=1S/C15H19N3O/c19-15(2-1-12-3-5-16-6-4-12)18-10-13-7-14(11-18)9-17-8-13/h1-6,13-14,17H,7-11H2/b2-1+/t13-,14+. The van der Waals surface area contributed by atoms with Gasteiger partial charge in [-0.2, -0.15) is 0 Å². The lowest BCUT2D eigenvalue weighted by Crippen LogP contribution is -2.52. The number of hydrogen-bond donors (Lipinski definition) is 1. The first-order valence-corrected chi connectivity index (χ1v) is 6.89. The van der Waals surface area contributed by atoms with Gasteiger partial charge in [0.15, 0.2) is 0 Å². The average Bonchev–Trinajstić information content (AvgIpc) is 2.45. The monoisotopic (exact) mass is 257 g/mol. The molecular weight excluding hydrogens is 238 g/mol. The van der Waals surface area contributed by atoms with Gasteiger partial charge in [0.05, 0.1) is 0 Å². The van der Waals surface area contributed by atoms with E-state index in [2.05, 4.69) is 10.3 Å². The Kier molecular flexibility index (Phi) is 3.60. The van der Waals surface area contributed by atoms with Gasteiger partial charge in [-0.15, -0.1) is 0 Å². The first-order chi connectivity index (χ1) is 9.31. The maximum atomic E-state index is 12.2. The number of aromatic nitrogens is 1. The highest BCUT2D eigenvalue weighted by Crippen LogP contribution is 2.24. The number of amides is 1. The minimum absolute atomic E-state index is 0.133. The van der Waals surface area contributed by atoms with Crippen LogP contribution in [0.1, 0.15) is 12.0 Å². The minimum atomic E-state index is 0.133. The number of piperidine rings is 2.